The Hall–Kier alpha value is -3.11. The van der Waals surface area contributed by atoms with Crippen LogP contribution in [0.1, 0.15) is 28.8 Å². The fourth-order valence-corrected chi connectivity index (χ4v) is 3.73. The van der Waals surface area contributed by atoms with Crippen LogP contribution in [0.2, 0.25) is 0 Å². The van der Waals surface area contributed by atoms with E-state index in [1.54, 1.807) is 12.1 Å². The summed E-state index contributed by atoms with van der Waals surface area (Å²) in [4.78, 5) is 15.4. The molecule has 0 unspecified atom stereocenters. The molecule has 0 radical (unpaired) electrons. The molecule has 1 aliphatic heterocycles. The van der Waals surface area contributed by atoms with E-state index >= 15 is 0 Å². The smallest absolute Gasteiger partial charge is 0.193 e. The van der Waals surface area contributed by atoms with Gasteiger partial charge in [0, 0.05) is 17.7 Å². The fourth-order valence-electron chi connectivity index (χ4n) is 3.73. The zero-order valence-corrected chi connectivity index (χ0v) is 16.4. The minimum absolute atomic E-state index is 0.0634. The zero-order chi connectivity index (χ0) is 20.1. The molecule has 0 spiro atoms. The van der Waals surface area contributed by atoms with Crippen molar-refractivity contribution >= 4 is 5.78 Å². The van der Waals surface area contributed by atoms with Crippen molar-refractivity contribution in [1.82, 2.24) is 4.90 Å². The predicted molar refractivity (Wildman–Crippen MR) is 115 cm³/mol. The number of nitrogens with zero attached hydrogens (tertiary/aromatic N) is 1. The Morgan fingerprint density at radius 1 is 0.897 bits per heavy atom. The van der Waals surface area contributed by atoms with Crippen LogP contribution in [-0.4, -0.2) is 42.0 Å². The second kappa shape index (κ2) is 8.93. The monoisotopic (exact) mass is 387 g/mol. The molecule has 3 aromatic carbocycles. The van der Waals surface area contributed by atoms with Crippen LogP contribution in [0.3, 0.4) is 0 Å². The minimum atomic E-state index is -0.0634. The van der Waals surface area contributed by atoms with Crippen molar-refractivity contribution in [3.8, 4) is 22.6 Å². The summed E-state index contributed by atoms with van der Waals surface area (Å²) in [6.45, 7) is 4.00. The minimum Gasteiger partial charge on any atom is -0.508 e. The van der Waals surface area contributed by atoms with Crippen molar-refractivity contribution in [2.45, 2.75) is 12.8 Å². The highest BCUT2D eigenvalue weighted by atomic mass is 16.5. The molecule has 1 fully saturated rings. The molecule has 4 rings (SSSR count). The van der Waals surface area contributed by atoms with Crippen LogP contribution in [0.15, 0.2) is 72.8 Å². The van der Waals surface area contributed by atoms with Gasteiger partial charge in [0.25, 0.3) is 0 Å². The Bertz CT molecular complexity index is 958. The first-order valence-electron chi connectivity index (χ1n) is 10.1. The third-order valence-electron chi connectivity index (χ3n) is 5.34. The molecule has 1 saturated heterocycles. The van der Waals surface area contributed by atoms with Gasteiger partial charge in [0.05, 0.1) is 0 Å². The molecule has 1 heterocycles. The molecule has 0 aliphatic carbocycles. The van der Waals surface area contributed by atoms with Crippen LogP contribution >= 0.6 is 0 Å². The molecule has 0 amide bonds. The fraction of sp³-hybridized carbons (Fsp3) is 0.240. The van der Waals surface area contributed by atoms with Crippen LogP contribution in [0, 0.1) is 0 Å². The highest BCUT2D eigenvalue weighted by Crippen LogP contribution is 2.28. The summed E-state index contributed by atoms with van der Waals surface area (Å²) in [6, 6.07) is 21.9. The standard InChI is InChI=1S/C25H25NO3/c27-21-11-7-20(8-12-21)25(28)24-6-2-1-5-23(24)19-9-13-22(14-10-19)29-18-17-26-15-3-4-16-26/h1-2,5-14,27H,3-4,15-18H2. The molecule has 29 heavy (non-hydrogen) atoms. The highest BCUT2D eigenvalue weighted by Gasteiger charge is 2.15. The second-order valence-corrected chi connectivity index (χ2v) is 7.34. The molecule has 4 heteroatoms. The van der Waals surface area contributed by atoms with E-state index < -0.39 is 0 Å². The van der Waals surface area contributed by atoms with E-state index in [4.69, 9.17) is 4.74 Å². The van der Waals surface area contributed by atoms with Crippen molar-refractivity contribution < 1.29 is 14.6 Å². The topological polar surface area (TPSA) is 49.8 Å². The summed E-state index contributed by atoms with van der Waals surface area (Å²) < 4.78 is 5.88. The number of rotatable bonds is 7. The van der Waals surface area contributed by atoms with E-state index in [0.717, 1.165) is 23.4 Å². The van der Waals surface area contributed by atoms with E-state index in [9.17, 15) is 9.90 Å². The third kappa shape index (κ3) is 4.66. The first kappa shape index (κ1) is 19.2. The SMILES string of the molecule is O=C(c1ccc(O)cc1)c1ccccc1-c1ccc(OCCN2CCCC2)cc1. The second-order valence-electron chi connectivity index (χ2n) is 7.34. The van der Waals surface area contributed by atoms with Gasteiger partial charge < -0.3 is 9.84 Å². The van der Waals surface area contributed by atoms with E-state index in [1.807, 2.05) is 48.5 Å². The van der Waals surface area contributed by atoms with Crippen molar-refractivity contribution in [2.24, 2.45) is 0 Å². The zero-order valence-electron chi connectivity index (χ0n) is 16.4. The van der Waals surface area contributed by atoms with Gasteiger partial charge in [0.1, 0.15) is 18.1 Å². The van der Waals surface area contributed by atoms with Crippen molar-refractivity contribution in [3.05, 3.63) is 83.9 Å². The van der Waals surface area contributed by atoms with E-state index in [-0.39, 0.29) is 11.5 Å². The molecule has 1 aliphatic rings. The summed E-state index contributed by atoms with van der Waals surface area (Å²) in [7, 11) is 0. The van der Waals surface area contributed by atoms with Crippen molar-refractivity contribution in [3.63, 3.8) is 0 Å². The number of likely N-dealkylation sites (tertiary alicyclic amines) is 1. The van der Waals surface area contributed by atoms with Gasteiger partial charge in [-0.05, 0) is 73.5 Å². The molecule has 0 aromatic heterocycles. The van der Waals surface area contributed by atoms with Gasteiger partial charge in [0.15, 0.2) is 5.78 Å². The Morgan fingerprint density at radius 3 is 2.31 bits per heavy atom. The van der Waals surface area contributed by atoms with Crippen LogP contribution in [0.4, 0.5) is 0 Å². The summed E-state index contributed by atoms with van der Waals surface area (Å²) >= 11 is 0. The van der Waals surface area contributed by atoms with Gasteiger partial charge in [-0.1, -0.05) is 36.4 Å². The number of carbonyl (C=O) groups is 1. The van der Waals surface area contributed by atoms with E-state index in [2.05, 4.69) is 4.90 Å². The number of hydrogen-bond donors (Lipinski definition) is 1. The molecule has 0 atom stereocenters. The summed E-state index contributed by atoms with van der Waals surface area (Å²) in [6.07, 6.45) is 2.58. The van der Waals surface area contributed by atoms with Crippen LogP contribution < -0.4 is 4.74 Å². The average Bonchev–Trinajstić information content (AvgIpc) is 3.28. The Kier molecular flexibility index (Phi) is 5.92. The average molecular weight is 387 g/mol. The summed E-state index contributed by atoms with van der Waals surface area (Å²) in [5.74, 6) is 0.928. The lowest BCUT2D eigenvalue weighted by Gasteiger charge is -2.15. The van der Waals surface area contributed by atoms with Crippen molar-refractivity contribution in [2.75, 3.05) is 26.2 Å². The maximum absolute atomic E-state index is 13.0. The van der Waals surface area contributed by atoms with Gasteiger partial charge in [-0.2, -0.15) is 0 Å². The number of ether oxygens (including phenoxy) is 1. The Labute approximate surface area is 171 Å². The number of phenolic OH excluding ortho intramolecular Hbond substituents is 1. The maximum atomic E-state index is 13.0. The number of carbonyl (C=O) groups excluding carboxylic acids is 1. The molecular formula is C25H25NO3. The highest BCUT2D eigenvalue weighted by molar-refractivity contribution is 6.12. The Balaban J connectivity index is 1.48. The molecule has 148 valence electrons. The number of hydrogen-bond acceptors (Lipinski definition) is 4. The lowest BCUT2D eigenvalue weighted by atomic mass is 9.94. The maximum Gasteiger partial charge on any atom is 0.193 e. The first-order chi connectivity index (χ1) is 14.2. The largest absolute Gasteiger partial charge is 0.508 e. The summed E-state index contributed by atoms with van der Waals surface area (Å²) in [5, 5.41) is 9.46. The molecular weight excluding hydrogens is 362 g/mol. The molecule has 1 N–H and O–H groups in total. The third-order valence-corrected chi connectivity index (χ3v) is 5.34. The quantitative estimate of drug-likeness (QED) is 0.594. The number of aromatic hydroxyl groups is 1. The van der Waals surface area contributed by atoms with Crippen LogP contribution in [-0.2, 0) is 0 Å². The lowest BCUT2D eigenvalue weighted by molar-refractivity contribution is 0.103. The Morgan fingerprint density at radius 2 is 1.59 bits per heavy atom. The number of benzene rings is 3. The van der Waals surface area contributed by atoms with Crippen molar-refractivity contribution in [1.29, 1.82) is 0 Å². The molecule has 3 aromatic rings. The summed E-state index contributed by atoms with van der Waals surface area (Å²) in [5.41, 5.74) is 3.05. The lowest BCUT2D eigenvalue weighted by Crippen LogP contribution is -2.25. The normalized spacial score (nSPS) is 14.1. The van der Waals surface area contributed by atoms with Gasteiger partial charge in [-0.3, -0.25) is 9.69 Å². The molecule has 0 bridgehead atoms. The van der Waals surface area contributed by atoms with Crippen LogP contribution in [0.5, 0.6) is 11.5 Å². The van der Waals surface area contributed by atoms with Gasteiger partial charge in [0.2, 0.25) is 0 Å². The number of ketones is 1. The molecule has 4 nitrogen and oxygen atoms in total. The first-order valence-corrected chi connectivity index (χ1v) is 10.1. The van der Waals surface area contributed by atoms with Crippen LogP contribution in [0.25, 0.3) is 11.1 Å². The predicted octanol–water partition coefficient (Wildman–Crippen LogP) is 4.76. The van der Waals surface area contributed by atoms with E-state index in [1.165, 1.54) is 38.1 Å². The van der Waals surface area contributed by atoms with Gasteiger partial charge >= 0.3 is 0 Å². The van der Waals surface area contributed by atoms with E-state index in [0.29, 0.717) is 17.7 Å². The molecule has 0 saturated carbocycles. The van der Waals surface area contributed by atoms with Gasteiger partial charge in [-0.15, -0.1) is 0 Å². The van der Waals surface area contributed by atoms with Gasteiger partial charge in [-0.25, -0.2) is 0 Å². The number of phenols is 1.